The fourth-order valence-corrected chi connectivity index (χ4v) is 4.75. The third-order valence-electron chi connectivity index (χ3n) is 5.95. The summed E-state index contributed by atoms with van der Waals surface area (Å²) in [6.07, 6.45) is 1.60. The highest BCUT2D eigenvalue weighted by molar-refractivity contribution is 6.26. The SMILES string of the molecule is Cc1cc(O)cc(C)c1C1=C(OC(=O)C(C)(C)C)[C@H]2[C@@H](C1=O)[C@@H]1CC[C@H]2O1. The molecule has 2 bridgehead atoms. The van der Waals surface area contributed by atoms with E-state index in [0.717, 1.165) is 29.5 Å². The van der Waals surface area contributed by atoms with Gasteiger partial charge in [0.1, 0.15) is 11.5 Å². The molecule has 1 aromatic carbocycles. The fraction of sp³-hybridized carbons (Fsp3) is 0.545. The highest BCUT2D eigenvalue weighted by Gasteiger charge is 2.60. The Morgan fingerprint density at radius 3 is 2.22 bits per heavy atom. The topological polar surface area (TPSA) is 72.8 Å². The largest absolute Gasteiger partial charge is 0.508 e. The van der Waals surface area contributed by atoms with Crippen molar-refractivity contribution in [2.75, 3.05) is 0 Å². The molecule has 144 valence electrons. The average Bonchev–Trinajstić information content (AvgIpc) is 3.21. The molecule has 1 N–H and O–H groups in total. The number of hydrogen-bond donors (Lipinski definition) is 1. The Morgan fingerprint density at radius 1 is 1.11 bits per heavy atom. The smallest absolute Gasteiger partial charge is 0.316 e. The first-order chi connectivity index (χ1) is 12.6. The zero-order valence-corrected chi connectivity index (χ0v) is 16.5. The van der Waals surface area contributed by atoms with Gasteiger partial charge in [-0.25, -0.2) is 0 Å². The molecule has 2 fully saturated rings. The van der Waals surface area contributed by atoms with Gasteiger partial charge >= 0.3 is 5.97 Å². The minimum absolute atomic E-state index is 0.000740. The number of phenolic OH excluding ortho intramolecular Hbond substituents is 1. The van der Waals surface area contributed by atoms with Crippen molar-refractivity contribution in [1.82, 2.24) is 0 Å². The number of aryl methyl sites for hydroxylation is 2. The van der Waals surface area contributed by atoms with Gasteiger partial charge in [-0.3, -0.25) is 9.59 Å². The van der Waals surface area contributed by atoms with Gasteiger partial charge in [0.15, 0.2) is 5.78 Å². The molecule has 2 saturated heterocycles. The lowest BCUT2D eigenvalue weighted by molar-refractivity contribution is -0.149. The summed E-state index contributed by atoms with van der Waals surface area (Å²) in [5, 5.41) is 9.89. The summed E-state index contributed by atoms with van der Waals surface area (Å²) in [5.74, 6) is -0.175. The first-order valence-corrected chi connectivity index (χ1v) is 9.56. The number of phenols is 1. The van der Waals surface area contributed by atoms with Gasteiger partial charge in [-0.2, -0.15) is 0 Å². The number of rotatable bonds is 2. The van der Waals surface area contributed by atoms with Gasteiger partial charge in [-0.05, 0) is 76.3 Å². The van der Waals surface area contributed by atoms with Gasteiger partial charge in [0.05, 0.1) is 35.0 Å². The zero-order chi connectivity index (χ0) is 19.7. The summed E-state index contributed by atoms with van der Waals surface area (Å²) in [7, 11) is 0. The molecule has 2 heterocycles. The number of carbonyl (C=O) groups is 2. The van der Waals surface area contributed by atoms with Crippen LogP contribution < -0.4 is 0 Å². The van der Waals surface area contributed by atoms with Crippen LogP contribution in [-0.4, -0.2) is 29.1 Å². The van der Waals surface area contributed by atoms with E-state index in [0.29, 0.717) is 11.3 Å². The normalized spacial score (nSPS) is 29.4. The van der Waals surface area contributed by atoms with Crippen LogP contribution in [0.3, 0.4) is 0 Å². The number of fused-ring (bicyclic) bond motifs is 5. The Balaban J connectivity index is 1.88. The van der Waals surface area contributed by atoms with E-state index in [1.54, 1.807) is 32.9 Å². The lowest BCUT2D eigenvalue weighted by Gasteiger charge is -2.24. The Hall–Kier alpha value is -2.14. The van der Waals surface area contributed by atoms with Crippen molar-refractivity contribution < 1.29 is 24.2 Å². The summed E-state index contributed by atoms with van der Waals surface area (Å²) >= 11 is 0. The van der Waals surface area contributed by atoms with Gasteiger partial charge in [0.2, 0.25) is 0 Å². The van der Waals surface area contributed by atoms with E-state index in [4.69, 9.17) is 9.47 Å². The number of esters is 1. The fourth-order valence-electron chi connectivity index (χ4n) is 4.75. The summed E-state index contributed by atoms with van der Waals surface area (Å²) in [6.45, 7) is 9.14. The molecule has 4 atom stereocenters. The number of Topliss-reactive ketones (excluding diaryl/α,β-unsaturated/α-hetero) is 1. The molecule has 0 saturated carbocycles. The molecule has 4 rings (SSSR count). The minimum Gasteiger partial charge on any atom is -0.508 e. The van der Waals surface area contributed by atoms with Crippen LogP contribution in [0.4, 0.5) is 0 Å². The summed E-state index contributed by atoms with van der Waals surface area (Å²) in [6, 6.07) is 3.29. The maximum absolute atomic E-state index is 13.4. The molecule has 5 nitrogen and oxygen atoms in total. The van der Waals surface area contributed by atoms with Crippen LogP contribution in [0.15, 0.2) is 17.9 Å². The highest BCUT2D eigenvalue weighted by Crippen LogP contribution is 2.55. The maximum atomic E-state index is 13.4. The van der Waals surface area contributed by atoms with Gasteiger partial charge in [0, 0.05) is 0 Å². The van der Waals surface area contributed by atoms with E-state index >= 15 is 0 Å². The van der Waals surface area contributed by atoms with Crippen molar-refractivity contribution >= 4 is 17.3 Å². The molecular weight excluding hydrogens is 344 g/mol. The van der Waals surface area contributed by atoms with E-state index < -0.39 is 5.41 Å². The van der Waals surface area contributed by atoms with Crippen molar-refractivity contribution in [3.8, 4) is 5.75 Å². The number of aromatic hydroxyl groups is 1. The van der Waals surface area contributed by atoms with Crippen molar-refractivity contribution in [3.05, 3.63) is 34.6 Å². The predicted octanol–water partition coefficient (Wildman–Crippen LogP) is 3.69. The van der Waals surface area contributed by atoms with Crippen LogP contribution in [0, 0.1) is 31.1 Å². The standard InChI is InChI=1S/C22H26O5/c1-10-8-12(23)9-11(2)15(10)18-19(24)16-13-6-7-14(26-13)17(16)20(18)27-21(25)22(3,4)5/h8-9,13-14,16-17,23H,6-7H2,1-5H3/t13-,14+,16-,17+/m0/s1. The van der Waals surface area contributed by atoms with E-state index in [1.807, 2.05) is 13.8 Å². The number of benzene rings is 1. The first kappa shape index (κ1) is 18.2. The number of carbonyl (C=O) groups excluding carboxylic acids is 2. The van der Waals surface area contributed by atoms with Gasteiger partial charge < -0.3 is 14.6 Å². The quantitative estimate of drug-likeness (QED) is 0.804. The molecule has 0 aromatic heterocycles. The number of ether oxygens (including phenoxy) is 2. The van der Waals surface area contributed by atoms with Crippen LogP contribution in [-0.2, 0) is 19.1 Å². The molecule has 2 aliphatic heterocycles. The van der Waals surface area contributed by atoms with Crippen molar-refractivity contribution in [2.24, 2.45) is 17.3 Å². The second-order valence-electron chi connectivity index (χ2n) is 9.04. The van der Waals surface area contributed by atoms with Gasteiger partial charge in [-0.1, -0.05) is 0 Å². The third kappa shape index (κ3) is 2.71. The van der Waals surface area contributed by atoms with E-state index in [9.17, 15) is 14.7 Å². The number of ketones is 1. The molecule has 0 unspecified atom stereocenters. The van der Waals surface area contributed by atoms with Crippen LogP contribution in [0.1, 0.15) is 50.3 Å². The number of hydrogen-bond acceptors (Lipinski definition) is 5. The van der Waals surface area contributed by atoms with Crippen molar-refractivity contribution in [1.29, 1.82) is 0 Å². The monoisotopic (exact) mass is 370 g/mol. The molecule has 0 amide bonds. The summed E-state index contributed by atoms with van der Waals surface area (Å²) < 4.78 is 11.9. The van der Waals surface area contributed by atoms with Gasteiger partial charge in [-0.15, -0.1) is 0 Å². The summed E-state index contributed by atoms with van der Waals surface area (Å²) in [5.41, 5.74) is 2.19. The van der Waals surface area contributed by atoms with Crippen LogP contribution in [0.5, 0.6) is 5.75 Å². The Bertz CT molecular complexity index is 850. The number of allylic oxidation sites excluding steroid dienone is 1. The Labute approximate surface area is 159 Å². The lowest BCUT2D eigenvalue weighted by atomic mass is 9.80. The second-order valence-corrected chi connectivity index (χ2v) is 9.04. The molecule has 0 spiro atoms. The molecule has 5 heteroatoms. The molecular formula is C22H26O5. The zero-order valence-electron chi connectivity index (χ0n) is 16.5. The molecule has 3 aliphatic rings. The van der Waals surface area contributed by atoms with Crippen molar-refractivity contribution in [3.63, 3.8) is 0 Å². The Morgan fingerprint density at radius 2 is 1.67 bits per heavy atom. The van der Waals surface area contributed by atoms with Crippen LogP contribution >= 0.6 is 0 Å². The third-order valence-corrected chi connectivity index (χ3v) is 5.95. The van der Waals surface area contributed by atoms with E-state index in [-0.39, 0.29) is 41.5 Å². The Kier molecular flexibility index (Phi) is 4.00. The van der Waals surface area contributed by atoms with Crippen molar-refractivity contribution in [2.45, 2.75) is 59.7 Å². The summed E-state index contributed by atoms with van der Waals surface area (Å²) in [4.78, 5) is 26.1. The molecule has 0 radical (unpaired) electrons. The van der Waals surface area contributed by atoms with Crippen LogP contribution in [0.2, 0.25) is 0 Å². The molecule has 27 heavy (non-hydrogen) atoms. The van der Waals surface area contributed by atoms with Gasteiger partial charge in [0.25, 0.3) is 0 Å². The van der Waals surface area contributed by atoms with Crippen LogP contribution in [0.25, 0.3) is 5.57 Å². The molecule has 1 aliphatic carbocycles. The average molecular weight is 370 g/mol. The lowest BCUT2D eigenvalue weighted by Crippen LogP contribution is -2.31. The second kappa shape index (κ2) is 5.93. The maximum Gasteiger partial charge on any atom is 0.316 e. The predicted molar refractivity (Wildman–Crippen MR) is 99.9 cm³/mol. The first-order valence-electron chi connectivity index (χ1n) is 9.56. The van der Waals surface area contributed by atoms with E-state index in [1.165, 1.54) is 0 Å². The molecule has 1 aromatic rings. The highest BCUT2D eigenvalue weighted by atomic mass is 16.5. The van der Waals surface area contributed by atoms with E-state index in [2.05, 4.69) is 0 Å². The minimum atomic E-state index is -0.670.